The zero-order chi connectivity index (χ0) is 19.3. The molecule has 1 saturated carbocycles. The van der Waals surface area contributed by atoms with E-state index in [0.29, 0.717) is 10.0 Å². The molecule has 4 rings (SSSR count). The molecule has 9 heteroatoms. The molecule has 140 valence electrons. The van der Waals surface area contributed by atoms with Gasteiger partial charge in [-0.3, -0.25) is 19.7 Å². The fourth-order valence-corrected chi connectivity index (χ4v) is 4.72. The maximum absolute atomic E-state index is 12.7. The van der Waals surface area contributed by atoms with Crippen molar-refractivity contribution in [3.05, 3.63) is 44.4 Å². The Labute approximate surface area is 163 Å². The number of carbonyl (C=O) groups excluding carboxylic acids is 2. The second-order valence-electron chi connectivity index (χ2n) is 6.77. The van der Waals surface area contributed by atoms with Gasteiger partial charge in [0, 0.05) is 16.1 Å². The van der Waals surface area contributed by atoms with Crippen molar-refractivity contribution >= 4 is 39.6 Å². The van der Waals surface area contributed by atoms with Crippen LogP contribution in [-0.2, 0) is 9.59 Å². The number of nitro groups is 1. The van der Waals surface area contributed by atoms with Gasteiger partial charge in [0.15, 0.2) is 0 Å². The lowest BCUT2D eigenvalue weighted by Gasteiger charge is -2.13. The van der Waals surface area contributed by atoms with E-state index in [1.165, 1.54) is 12.3 Å². The van der Waals surface area contributed by atoms with Gasteiger partial charge < -0.3 is 4.74 Å². The first kappa shape index (κ1) is 17.8. The minimum atomic E-state index is -0.549. The van der Waals surface area contributed by atoms with Crippen LogP contribution in [0.1, 0.15) is 18.9 Å². The molecule has 8 nitrogen and oxygen atoms in total. The summed E-state index contributed by atoms with van der Waals surface area (Å²) in [6.45, 7) is 1.94. The van der Waals surface area contributed by atoms with Crippen LogP contribution in [0.3, 0.4) is 0 Å². The van der Waals surface area contributed by atoms with Gasteiger partial charge in [0.2, 0.25) is 5.75 Å². The lowest BCUT2D eigenvalue weighted by molar-refractivity contribution is -0.385. The van der Waals surface area contributed by atoms with E-state index in [9.17, 15) is 19.7 Å². The molecular weight excluding hydrogens is 418 g/mol. The SMILES string of the molecule is CCOc1c(C=NN2C(=O)[C@@H]3[C@H](C2=O)[C@H]2C=C[C@H]3C2)cc(Br)cc1[N+](=O)[O-]. The molecule has 2 amide bonds. The maximum Gasteiger partial charge on any atom is 0.312 e. The van der Waals surface area contributed by atoms with Crippen LogP contribution in [0.5, 0.6) is 5.75 Å². The molecular formula is C18H16BrN3O5. The number of nitrogens with zero attached hydrogens (tertiary/aromatic N) is 3. The first-order valence-corrected chi connectivity index (χ1v) is 9.42. The van der Waals surface area contributed by atoms with E-state index >= 15 is 0 Å². The van der Waals surface area contributed by atoms with E-state index in [0.717, 1.165) is 11.4 Å². The highest BCUT2D eigenvalue weighted by Crippen LogP contribution is 2.52. The molecule has 0 spiro atoms. The lowest BCUT2D eigenvalue weighted by atomic mass is 9.85. The van der Waals surface area contributed by atoms with Crippen LogP contribution in [0.2, 0.25) is 0 Å². The molecule has 0 radical (unpaired) electrons. The average molecular weight is 434 g/mol. The van der Waals surface area contributed by atoms with Gasteiger partial charge >= 0.3 is 5.69 Å². The van der Waals surface area contributed by atoms with Crippen LogP contribution >= 0.6 is 15.9 Å². The number of imide groups is 1. The number of nitro benzene ring substituents is 1. The van der Waals surface area contributed by atoms with Crippen molar-refractivity contribution in [1.82, 2.24) is 5.01 Å². The molecule has 0 unspecified atom stereocenters. The van der Waals surface area contributed by atoms with Crippen LogP contribution < -0.4 is 4.74 Å². The number of hydrogen-bond acceptors (Lipinski definition) is 6. The zero-order valence-electron chi connectivity index (χ0n) is 14.4. The van der Waals surface area contributed by atoms with Crippen LogP contribution in [0.15, 0.2) is 33.9 Å². The number of fused-ring (bicyclic) bond motifs is 5. The smallest absolute Gasteiger partial charge is 0.312 e. The Morgan fingerprint density at radius 3 is 2.48 bits per heavy atom. The van der Waals surface area contributed by atoms with Gasteiger partial charge in [0.1, 0.15) is 0 Å². The van der Waals surface area contributed by atoms with Crippen molar-refractivity contribution in [1.29, 1.82) is 0 Å². The van der Waals surface area contributed by atoms with Gasteiger partial charge in [-0.1, -0.05) is 28.1 Å². The van der Waals surface area contributed by atoms with E-state index in [2.05, 4.69) is 21.0 Å². The molecule has 27 heavy (non-hydrogen) atoms. The van der Waals surface area contributed by atoms with Gasteiger partial charge in [-0.2, -0.15) is 10.1 Å². The summed E-state index contributed by atoms with van der Waals surface area (Å²) in [7, 11) is 0. The summed E-state index contributed by atoms with van der Waals surface area (Å²) in [5.74, 6) is -1.04. The van der Waals surface area contributed by atoms with E-state index in [1.807, 2.05) is 12.2 Å². The number of rotatable bonds is 5. The highest BCUT2D eigenvalue weighted by Gasteiger charge is 2.59. The van der Waals surface area contributed by atoms with Crippen molar-refractivity contribution in [3.8, 4) is 5.75 Å². The fraction of sp³-hybridized carbons (Fsp3) is 0.389. The third kappa shape index (κ3) is 2.77. The second-order valence-corrected chi connectivity index (χ2v) is 7.68. The molecule has 1 heterocycles. The summed E-state index contributed by atoms with van der Waals surface area (Å²) in [6, 6.07) is 2.93. The van der Waals surface area contributed by atoms with Gasteiger partial charge in [-0.15, -0.1) is 0 Å². The molecule has 1 saturated heterocycles. The Morgan fingerprint density at radius 1 is 1.30 bits per heavy atom. The minimum absolute atomic E-state index is 0.0514. The number of halogens is 1. The largest absolute Gasteiger partial charge is 0.487 e. The molecule has 2 aliphatic carbocycles. The van der Waals surface area contributed by atoms with E-state index in [-0.39, 0.29) is 53.5 Å². The van der Waals surface area contributed by atoms with Crippen LogP contribution in [0, 0.1) is 33.8 Å². The Bertz CT molecular complexity index is 883. The Balaban J connectivity index is 1.67. The van der Waals surface area contributed by atoms with Crippen LogP contribution in [-0.4, -0.2) is 34.6 Å². The van der Waals surface area contributed by atoms with Crippen molar-refractivity contribution in [2.75, 3.05) is 6.61 Å². The summed E-state index contributed by atoms with van der Waals surface area (Å²) in [5, 5.41) is 16.3. The molecule has 0 aromatic heterocycles. The van der Waals surface area contributed by atoms with E-state index < -0.39 is 4.92 Å². The highest BCUT2D eigenvalue weighted by molar-refractivity contribution is 9.10. The van der Waals surface area contributed by atoms with Crippen molar-refractivity contribution in [2.45, 2.75) is 13.3 Å². The molecule has 3 aliphatic rings. The van der Waals surface area contributed by atoms with Gasteiger partial charge in [0.05, 0.1) is 29.6 Å². The number of ether oxygens (including phenoxy) is 1. The summed E-state index contributed by atoms with van der Waals surface area (Å²) in [6.07, 6.45) is 6.13. The number of carbonyl (C=O) groups is 2. The van der Waals surface area contributed by atoms with Gasteiger partial charge in [-0.05, 0) is 31.2 Å². The minimum Gasteiger partial charge on any atom is -0.487 e. The zero-order valence-corrected chi connectivity index (χ0v) is 16.0. The van der Waals surface area contributed by atoms with E-state index in [4.69, 9.17) is 4.74 Å². The van der Waals surface area contributed by atoms with Crippen LogP contribution in [0.4, 0.5) is 5.69 Å². The van der Waals surface area contributed by atoms with Crippen LogP contribution in [0.25, 0.3) is 0 Å². The molecule has 0 N–H and O–H groups in total. The Kier molecular flexibility index (Phi) is 4.33. The first-order chi connectivity index (χ1) is 12.9. The highest BCUT2D eigenvalue weighted by atomic mass is 79.9. The predicted octanol–water partition coefficient (Wildman–Crippen LogP) is 2.90. The topological polar surface area (TPSA) is 102 Å². The fourth-order valence-electron chi connectivity index (χ4n) is 4.25. The van der Waals surface area contributed by atoms with Gasteiger partial charge in [-0.25, -0.2) is 0 Å². The van der Waals surface area contributed by atoms with Crippen molar-refractivity contribution in [2.24, 2.45) is 28.8 Å². The van der Waals surface area contributed by atoms with Crippen molar-refractivity contribution < 1.29 is 19.2 Å². The predicted molar refractivity (Wildman–Crippen MR) is 99.1 cm³/mol. The number of hydrogen-bond donors (Lipinski definition) is 0. The molecule has 4 atom stereocenters. The maximum atomic E-state index is 12.7. The second kappa shape index (κ2) is 6.56. The number of benzene rings is 1. The average Bonchev–Trinajstić information content (AvgIpc) is 3.29. The number of hydrazone groups is 1. The molecule has 2 fully saturated rings. The lowest BCUT2D eigenvalue weighted by Crippen LogP contribution is -2.28. The third-order valence-electron chi connectivity index (χ3n) is 5.31. The normalized spacial score (nSPS) is 28.4. The van der Waals surface area contributed by atoms with Gasteiger partial charge in [0.25, 0.3) is 11.8 Å². The number of amides is 2. The Hall–Kier alpha value is -2.55. The first-order valence-electron chi connectivity index (χ1n) is 8.63. The summed E-state index contributed by atoms with van der Waals surface area (Å²) in [4.78, 5) is 36.1. The Morgan fingerprint density at radius 2 is 1.93 bits per heavy atom. The summed E-state index contributed by atoms with van der Waals surface area (Å²) in [5.41, 5.74) is 0.0996. The molecule has 1 aromatic rings. The summed E-state index contributed by atoms with van der Waals surface area (Å²) < 4.78 is 5.89. The standard InChI is InChI=1S/C18H16BrN3O5/c1-2-27-16-11(6-12(19)7-13(16)22(25)26)8-20-21-17(23)14-9-3-4-10(5-9)15(14)18(21)24/h3-4,6-10,14-15H,2,5H2,1H3/t9-,10-,14-,15+/m0/s1. The molecule has 2 bridgehead atoms. The molecule has 1 aromatic carbocycles. The number of allylic oxidation sites excluding steroid dienone is 2. The monoisotopic (exact) mass is 433 g/mol. The third-order valence-corrected chi connectivity index (χ3v) is 5.77. The quantitative estimate of drug-likeness (QED) is 0.233. The van der Waals surface area contributed by atoms with Crippen molar-refractivity contribution in [3.63, 3.8) is 0 Å². The van der Waals surface area contributed by atoms with E-state index in [1.54, 1.807) is 13.0 Å². The molecule has 1 aliphatic heterocycles. The summed E-state index contributed by atoms with van der Waals surface area (Å²) >= 11 is 3.23.